The fourth-order valence-electron chi connectivity index (χ4n) is 3.06. The van der Waals surface area contributed by atoms with Crippen molar-refractivity contribution in [2.75, 3.05) is 19.6 Å². The zero-order chi connectivity index (χ0) is 16.7. The first-order valence-corrected chi connectivity index (χ1v) is 8.89. The summed E-state index contributed by atoms with van der Waals surface area (Å²) in [6.45, 7) is 7.04. The number of nitrogens with two attached hydrogens (primary N) is 1. The minimum atomic E-state index is -0.140. The Bertz CT molecular complexity index is 478. The van der Waals surface area contributed by atoms with E-state index in [0.717, 1.165) is 25.1 Å². The molecular weight excluding hydrogens is 286 g/mol. The summed E-state index contributed by atoms with van der Waals surface area (Å²) in [6.07, 6.45) is 3.99. The molecule has 0 bridgehead atoms. The van der Waals surface area contributed by atoms with E-state index in [9.17, 15) is 4.79 Å². The first-order chi connectivity index (χ1) is 11.1. The van der Waals surface area contributed by atoms with Crippen molar-refractivity contribution in [3.8, 4) is 0 Å². The number of piperidine rings is 1. The Labute approximate surface area is 140 Å². The van der Waals surface area contributed by atoms with Gasteiger partial charge in [-0.25, -0.2) is 0 Å². The Morgan fingerprint density at radius 1 is 1.22 bits per heavy atom. The SMILES string of the molecule is CC(C)c1ccc(C(N)CNC(=O)CCC2CCNCC2)cc1. The molecule has 1 aliphatic heterocycles. The Morgan fingerprint density at radius 2 is 1.83 bits per heavy atom. The lowest BCUT2D eigenvalue weighted by atomic mass is 9.93. The molecule has 0 saturated carbocycles. The number of carbonyl (C=O) groups is 1. The van der Waals surface area contributed by atoms with Crippen molar-refractivity contribution in [2.45, 2.75) is 51.5 Å². The molecule has 1 aliphatic rings. The Morgan fingerprint density at radius 3 is 2.43 bits per heavy atom. The Hall–Kier alpha value is -1.39. The van der Waals surface area contributed by atoms with Crippen LogP contribution in [0.5, 0.6) is 0 Å². The van der Waals surface area contributed by atoms with Crippen molar-refractivity contribution in [1.82, 2.24) is 10.6 Å². The van der Waals surface area contributed by atoms with E-state index in [0.29, 0.717) is 24.8 Å². The summed E-state index contributed by atoms with van der Waals surface area (Å²) in [5.74, 6) is 1.34. The summed E-state index contributed by atoms with van der Waals surface area (Å²) in [4.78, 5) is 12.0. The third-order valence-corrected chi connectivity index (χ3v) is 4.79. The minimum Gasteiger partial charge on any atom is -0.354 e. The molecule has 1 heterocycles. The van der Waals surface area contributed by atoms with Crippen LogP contribution in [0.3, 0.4) is 0 Å². The molecule has 0 aromatic heterocycles. The van der Waals surface area contributed by atoms with Crippen LogP contribution in [0.2, 0.25) is 0 Å². The zero-order valence-corrected chi connectivity index (χ0v) is 14.5. The maximum absolute atomic E-state index is 12.0. The van der Waals surface area contributed by atoms with Crippen molar-refractivity contribution in [1.29, 1.82) is 0 Å². The van der Waals surface area contributed by atoms with Crippen LogP contribution < -0.4 is 16.4 Å². The van der Waals surface area contributed by atoms with E-state index in [1.165, 1.54) is 18.4 Å². The van der Waals surface area contributed by atoms with Crippen molar-refractivity contribution in [3.63, 3.8) is 0 Å². The monoisotopic (exact) mass is 317 g/mol. The van der Waals surface area contributed by atoms with Crippen LogP contribution in [-0.2, 0) is 4.79 Å². The highest BCUT2D eigenvalue weighted by Gasteiger charge is 2.15. The Balaban J connectivity index is 1.70. The average Bonchev–Trinajstić information content (AvgIpc) is 2.58. The van der Waals surface area contributed by atoms with Crippen LogP contribution in [-0.4, -0.2) is 25.5 Å². The number of nitrogens with one attached hydrogen (secondary N) is 2. The number of carbonyl (C=O) groups excluding carboxylic acids is 1. The molecule has 1 saturated heterocycles. The molecular formula is C19H31N3O. The molecule has 1 aromatic rings. The van der Waals surface area contributed by atoms with Crippen LogP contribution in [0.25, 0.3) is 0 Å². The number of rotatable bonds is 7. The van der Waals surface area contributed by atoms with Gasteiger partial charge >= 0.3 is 0 Å². The maximum atomic E-state index is 12.0. The second-order valence-electron chi connectivity index (χ2n) is 6.96. The third kappa shape index (κ3) is 5.96. The summed E-state index contributed by atoms with van der Waals surface area (Å²) in [7, 11) is 0. The minimum absolute atomic E-state index is 0.123. The van der Waals surface area contributed by atoms with Gasteiger partial charge in [-0.05, 0) is 55.3 Å². The molecule has 1 fully saturated rings. The van der Waals surface area contributed by atoms with E-state index in [2.05, 4.69) is 48.7 Å². The molecule has 1 amide bonds. The molecule has 0 aliphatic carbocycles. The molecule has 1 unspecified atom stereocenters. The van der Waals surface area contributed by atoms with Crippen LogP contribution in [0.4, 0.5) is 0 Å². The molecule has 2 rings (SSSR count). The van der Waals surface area contributed by atoms with Gasteiger partial charge < -0.3 is 16.4 Å². The lowest BCUT2D eigenvalue weighted by Crippen LogP contribution is -2.33. The van der Waals surface area contributed by atoms with Crippen molar-refractivity contribution < 1.29 is 4.79 Å². The maximum Gasteiger partial charge on any atom is 0.220 e. The molecule has 128 valence electrons. The van der Waals surface area contributed by atoms with E-state index in [-0.39, 0.29) is 11.9 Å². The van der Waals surface area contributed by atoms with Gasteiger partial charge in [0.05, 0.1) is 0 Å². The van der Waals surface area contributed by atoms with E-state index in [1.807, 2.05) is 0 Å². The van der Waals surface area contributed by atoms with Gasteiger partial charge in [0, 0.05) is 19.0 Å². The van der Waals surface area contributed by atoms with Gasteiger partial charge in [-0.15, -0.1) is 0 Å². The van der Waals surface area contributed by atoms with Crippen molar-refractivity contribution in [3.05, 3.63) is 35.4 Å². The largest absolute Gasteiger partial charge is 0.354 e. The van der Waals surface area contributed by atoms with Crippen molar-refractivity contribution in [2.24, 2.45) is 11.7 Å². The normalized spacial score (nSPS) is 17.2. The summed E-state index contributed by atoms with van der Waals surface area (Å²) >= 11 is 0. The van der Waals surface area contributed by atoms with E-state index < -0.39 is 0 Å². The summed E-state index contributed by atoms with van der Waals surface area (Å²) in [5.41, 5.74) is 8.57. The van der Waals surface area contributed by atoms with Crippen LogP contribution in [0.15, 0.2) is 24.3 Å². The molecule has 1 atom stereocenters. The molecule has 0 spiro atoms. The van der Waals surface area contributed by atoms with Crippen molar-refractivity contribution >= 4 is 5.91 Å². The highest BCUT2D eigenvalue weighted by Crippen LogP contribution is 2.18. The van der Waals surface area contributed by atoms with Gasteiger partial charge in [-0.1, -0.05) is 38.1 Å². The standard InChI is InChI=1S/C19H31N3O/c1-14(2)16-4-6-17(7-5-16)18(20)13-22-19(23)8-3-15-9-11-21-12-10-15/h4-7,14-15,18,21H,3,8-13,20H2,1-2H3,(H,22,23). The third-order valence-electron chi connectivity index (χ3n) is 4.79. The number of hydrogen-bond donors (Lipinski definition) is 3. The fraction of sp³-hybridized carbons (Fsp3) is 0.632. The number of benzene rings is 1. The molecule has 1 aromatic carbocycles. The van der Waals surface area contributed by atoms with E-state index in [1.54, 1.807) is 0 Å². The second-order valence-corrected chi connectivity index (χ2v) is 6.96. The van der Waals surface area contributed by atoms with Crippen LogP contribution in [0, 0.1) is 5.92 Å². The van der Waals surface area contributed by atoms with Gasteiger partial charge in [-0.3, -0.25) is 4.79 Å². The van der Waals surface area contributed by atoms with E-state index in [4.69, 9.17) is 5.73 Å². The summed E-state index contributed by atoms with van der Waals surface area (Å²) in [5, 5.41) is 6.33. The molecule has 23 heavy (non-hydrogen) atoms. The predicted octanol–water partition coefficient (Wildman–Crippen LogP) is 2.71. The summed E-state index contributed by atoms with van der Waals surface area (Å²) in [6, 6.07) is 8.25. The smallest absolute Gasteiger partial charge is 0.220 e. The summed E-state index contributed by atoms with van der Waals surface area (Å²) < 4.78 is 0. The zero-order valence-electron chi connectivity index (χ0n) is 14.5. The van der Waals surface area contributed by atoms with E-state index >= 15 is 0 Å². The fourth-order valence-corrected chi connectivity index (χ4v) is 3.06. The van der Waals surface area contributed by atoms with Gasteiger partial charge in [0.2, 0.25) is 5.91 Å². The molecule has 4 heteroatoms. The molecule has 4 nitrogen and oxygen atoms in total. The van der Waals surface area contributed by atoms with Gasteiger partial charge in [0.1, 0.15) is 0 Å². The quantitative estimate of drug-likeness (QED) is 0.724. The number of amides is 1. The lowest BCUT2D eigenvalue weighted by Gasteiger charge is -2.22. The van der Waals surface area contributed by atoms with Gasteiger partial charge in [-0.2, -0.15) is 0 Å². The highest BCUT2D eigenvalue weighted by molar-refractivity contribution is 5.75. The first-order valence-electron chi connectivity index (χ1n) is 8.89. The number of hydrogen-bond acceptors (Lipinski definition) is 3. The lowest BCUT2D eigenvalue weighted by molar-refractivity contribution is -0.121. The average molecular weight is 317 g/mol. The van der Waals surface area contributed by atoms with Gasteiger partial charge in [0.15, 0.2) is 0 Å². The Kier molecular flexibility index (Phi) is 7.06. The molecule has 4 N–H and O–H groups in total. The predicted molar refractivity (Wildman–Crippen MR) is 95.3 cm³/mol. The van der Waals surface area contributed by atoms with Crippen LogP contribution >= 0.6 is 0 Å². The topological polar surface area (TPSA) is 67.1 Å². The van der Waals surface area contributed by atoms with Gasteiger partial charge in [0.25, 0.3) is 0 Å². The second kappa shape index (κ2) is 9.04. The van der Waals surface area contributed by atoms with Crippen LogP contribution in [0.1, 0.15) is 62.6 Å². The highest BCUT2D eigenvalue weighted by atomic mass is 16.1. The first kappa shape index (κ1) is 18.0. The molecule has 0 radical (unpaired) electrons.